The van der Waals surface area contributed by atoms with Crippen molar-refractivity contribution in [2.45, 2.75) is 38.1 Å². The molecule has 0 bridgehead atoms. The summed E-state index contributed by atoms with van der Waals surface area (Å²) >= 11 is 1.26. The first-order valence-corrected chi connectivity index (χ1v) is 9.67. The maximum Gasteiger partial charge on any atom is 0.339 e. The van der Waals surface area contributed by atoms with Crippen LogP contribution in [-0.2, 0) is 4.74 Å². The highest BCUT2D eigenvalue weighted by Crippen LogP contribution is 2.27. The summed E-state index contributed by atoms with van der Waals surface area (Å²) in [4.78, 5) is 32.3. The number of hydrogen-bond acceptors (Lipinski definition) is 6. The summed E-state index contributed by atoms with van der Waals surface area (Å²) in [6, 6.07) is 7.95. The highest BCUT2D eigenvalue weighted by atomic mass is 32.2. The van der Waals surface area contributed by atoms with Crippen LogP contribution in [0.15, 0.2) is 29.4 Å². The number of benzene rings is 1. The number of carbonyl (C=O) groups is 2. The molecule has 0 aliphatic carbocycles. The van der Waals surface area contributed by atoms with E-state index in [1.807, 2.05) is 31.2 Å². The minimum absolute atomic E-state index is 0.123. The Balaban J connectivity index is 1.77. The van der Waals surface area contributed by atoms with Gasteiger partial charge < -0.3 is 9.72 Å². The van der Waals surface area contributed by atoms with Crippen LogP contribution in [0.3, 0.4) is 0 Å². The van der Waals surface area contributed by atoms with Crippen molar-refractivity contribution in [3.63, 3.8) is 0 Å². The third-order valence-corrected chi connectivity index (χ3v) is 5.48. The number of H-pyrrole nitrogens is 2. The van der Waals surface area contributed by atoms with Gasteiger partial charge in [0.1, 0.15) is 0 Å². The lowest BCUT2D eigenvalue weighted by Crippen LogP contribution is -2.15. The number of hydrogen-bond donors (Lipinski definition) is 2. The summed E-state index contributed by atoms with van der Waals surface area (Å²) < 4.78 is 4.80. The molecule has 1 atom stereocenters. The van der Waals surface area contributed by atoms with Crippen molar-refractivity contribution in [1.29, 1.82) is 0 Å². The molecule has 1 aromatic carbocycles. The molecule has 7 nitrogen and oxygen atoms in total. The number of aromatic amines is 2. The molecule has 0 radical (unpaired) electrons. The molecule has 0 fully saturated rings. The van der Waals surface area contributed by atoms with Crippen LogP contribution in [0.1, 0.15) is 44.6 Å². The van der Waals surface area contributed by atoms with E-state index in [9.17, 15) is 9.59 Å². The Hall–Kier alpha value is -2.87. The predicted molar refractivity (Wildman–Crippen MR) is 108 cm³/mol. The van der Waals surface area contributed by atoms with Gasteiger partial charge in [-0.2, -0.15) is 0 Å². The normalized spacial score (nSPS) is 12.0. The second kappa shape index (κ2) is 8.02. The summed E-state index contributed by atoms with van der Waals surface area (Å²) in [5.74, 6) is 0.0757. The summed E-state index contributed by atoms with van der Waals surface area (Å²) in [7, 11) is 1.32. The van der Waals surface area contributed by atoms with Crippen molar-refractivity contribution in [2.24, 2.45) is 0 Å². The van der Waals surface area contributed by atoms with Crippen LogP contribution in [0.4, 0.5) is 0 Å². The van der Waals surface area contributed by atoms with Gasteiger partial charge in [0.25, 0.3) is 0 Å². The number of aromatic nitrogens is 4. The summed E-state index contributed by atoms with van der Waals surface area (Å²) in [6.45, 7) is 7.30. The first-order valence-electron chi connectivity index (χ1n) is 8.79. The lowest BCUT2D eigenvalue weighted by molar-refractivity contribution is 0.0599. The number of ketones is 1. The van der Waals surface area contributed by atoms with Gasteiger partial charge in [0.2, 0.25) is 5.16 Å². The Kier molecular flexibility index (Phi) is 5.69. The van der Waals surface area contributed by atoms with Crippen molar-refractivity contribution in [2.75, 3.05) is 7.11 Å². The molecule has 0 saturated heterocycles. The monoisotopic (exact) mass is 398 g/mol. The third-order valence-electron chi connectivity index (χ3n) is 4.51. The summed E-state index contributed by atoms with van der Waals surface area (Å²) in [6.07, 6.45) is 0. The van der Waals surface area contributed by atoms with E-state index in [0.717, 1.165) is 5.56 Å². The molecule has 0 saturated carbocycles. The van der Waals surface area contributed by atoms with Gasteiger partial charge in [-0.1, -0.05) is 41.6 Å². The maximum atomic E-state index is 12.9. The van der Waals surface area contributed by atoms with Gasteiger partial charge in [-0.15, -0.1) is 5.10 Å². The molecule has 0 spiro atoms. The zero-order valence-corrected chi connectivity index (χ0v) is 17.2. The molecule has 146 valence electrons. The van der Waals surface area contributed by atoms with E-state index >= 15 is 0 Å². The number of methoxy groups -OCH3 is 1. The fraction of sp³-hybridized carbons (Fsp3) is 0.300. The SMILES string of the molecule is COC(=O)c1c(C)[nH]c(C(=O)[C@H](C)Sc2n[nH]c(-c3ccc(C)cc3)n2)c1C. The van der Waals surface area contributed by atoms with Crippen molar-refractivity contribution < 1.29 is 14.3 Å². The van der Waals surface area contributed by atoms with E-state index in [0.29, 0.717) is 33.5 Å². The molecule has 2 heterocycles. The lowest BCUT2D eigenvalue weighted by Gasteiger charge is -2.07. The number of rotatable bonds is 6. The van der Waals surface area contributed by atoms with Crippen LogP contribution in [0.2, 0.25) is 0 Å². The summed E-state index contributed by atoms with van der Waals surface area (Å²) in [5, 5.41) is 7.18. The topological polar surface area (TPSA) is 101 Å². The molecule has 0 unspecified atom stereocenters. The molecule has 0 amide bonds. The minimum atomic E-state index is -0.456. The Morgan fingerprint density at radius 2 is 1.82 bits per heavy atom. The smallest absolute Gasteiger partial charge is 0.339 e. The van der Waals surface area contributed by atoms with Gasteiger partial charge in [0, 0.05) is 11.3 Å². The second-order valence-corrected chi connectivity index (χ2v) is 7.88. The average molecular weight is 398 g/mol. The minimum Gasteiger partial charge on any atom is -0.465 e. The number of Topliss-reactive ketones (excluding diaryl/α,β-unsaturated/α-hetero) is 1. The fourth-order valence-corrected chi connectivity index (χ4v) is 3.74. The highest BCUT2D eigenvalue weighted by Gasteiger charge is 2.26. The van der Waals surface area contributed by atoms with Crippen molar-refractivity contribution in [3.05, 3.63) is 52.3 Å². The quantitative estimate of drug-likeness (QED) is 0.371. The number of ether oxygens (including phenoxy) is 1. The Morgan fingerprint density at radius 3 is 2.46 bits per heavy atom. The Labute approximate surface area is 167 Å². The maximum absolute atomic E-state index is 12.9. The molecular formula is C20H22N4O3S. The van der Waals surface area contributed by atoms with Crippen LogP contribution < -0.4 is 0 Å². The number of nitrogens with one attached hydrogen (secondary N) is 2. The molecule has 3 aromatic rings. The first kappa shape index (κ1) is 19.9. The van der Waals surface area contributed by atoms with E-state index in [1.54, 1.807) is 20.8 Å². The number of aryl methyl sites for hydroxylation is 2. The lowest BCUT2D eigenvalue weighted by atomic mass is 10.1. The average Bonchev–Trinajstić information content (AvgIpc) is 3.25. The first-order chi connectivity index (χ1) is 13.3. The van der Waals surface area contributed by atoms with Crippen molar-refractivity contribution in [3.8, 4) is 11.4 Å². The van der Waals surface area contributed by atoms with Crippen LogP contribution in [-0.4, -0.2) is 44.3 Å². The van der Waals surface area contributed by atoms with E-state index in [2.05, 4.69) is 20.2 Å². The third kappa shape index (κ3) is 3.87. The zero-order valence-electron chi connectivity index (χ0n) is 16.4. The van der Waals surface area contributed by atoms with Crippen molar-refractivity contribution in [1.82, 2.24) is 20.2 Å². The summed E-state index contributed by atoms with van der Waals surface area (Å²) in [5.41, 5.74) is 4.12. The largest absolute Gasteiger partial charge is 0.465 e. The van der Waals surface area contributed by atoms with E-state index in [1.165, 1.54) is 24.4 Å². The van der Waals surface area contributed by atoms with Gasteiger partial charge in [-0.05, 0) is 33.3 Å². The second-order valence-electron chi connectivity index (χ2n) is 6.57. The number of nitrogens with zero attached hydrogens (tertiary/aromatic N) is 2. The standard InChI is InChI=1S/C20H22N4O3S/c1-10-6-8-14(9-7-10)18-22-20(24-23-18)28-13(4)17(25)16-11(2)15(12(3)21-16)19(26)27-5/h6-9,13,21H,1-5H3,(H,22,23,24)/t13-/m0/s1. The number of carbonyl (C=O) groups excluding carboxylic acids is 2. The van der Waals surface area contributed by atoms with Crippen LogP contribution in [0.25, 0.3) is 11.4 Å². The van der Waals surface area contributed by atoms with E-state index in [-0.39, 0.29) is 5.78 Å². The van der Waals surface area contributed by atoms with Gasteiger partial charge in [-0.25, -0.2) is 9.78 Å². The highest BCUT2D eigenvalue weighted by molar-refractivity contribution is 8.00. The van der Waals surface area contributed by atoms with E-state index in [4.69, 9.17) is 4.74 Å². The molecular weight excluding hydrogens is 376 g/mol. The Morgan fingerprint density at radius 1 is 1.14 bits per heavy atom. The molecule has 28 heavy (non-hydrogen) atoms. The van der Waals surface area contributed by atoms with Gasteiger partial charge in [0.15, 0.2) is 11.6 Å². The molecule has 3 rings (SSSR count). The number of esters is 1. The van der Waals surface area contributed by atoms with Gasteiger partial charge in [-0.3, -0.25) is 9.89 Å². The molecule has 2 aromatic heterocycles. The van der Waals surface area contributed by atoms with Crippen molar-refractivity contribution >= 4 is 23.5 Å². The molecule has 2 N–H and O–H groups in total. The van der Waals surface area contributed by atoms with Crippen LogP contribution in [0, 0.1) is 20.8 Å². The Bertz CT molecular complexity index is 1020. The van der Waals surface area contributed by atoms with Crippen LogP contribution in [0.5, 0.6) is 0 Å². The number of thioether (sulfide) groups is 1. The van der Waals surface area contributed by atoms with Crippen LogP contribution >= 0.6 is 11.8 Å². The van der Waals surface area contributed by atoms with E-state index < -0.39 is 11.2 Å². The zero-order chi connectivity index (χ0) is 20.4. The van der Waals surface area contributed by atoms with Gasteiger partial charge in [0.05, 0.1) is 23.6 Å². The molecule has 0 aliphatic rings. The fourth-order valence-electron chi connectivity index (χ4n) is 2.96. The predicted octanol–water partition coefficient (Wildman–Crippen LogP) is 3.88. The molecule has 8 heteroatoms. The molecule has 0 aliphatic heterocycles. The van der Waals surface area contributed by atoms with Gasteiger partial charge >= 0.3 is 5.97 Å².